The Morgan fingerprint density at radius 2 is 1.96 bits per heavy atom. The fourth-order valence-electron chi connectivity index (χ4n) is 3.72. The van der Waals surface area contributed by atoms with E-state index in [1.165, 1.54) is 4.90 Å². The van der Waals surface area contributed by atoms with E-state index in [2.05, 4.69) is 10.9 Å². The maximum atomic E-state index is 12.8. The van der Waals surface area contributed by atoms with E-state index < -0.39 is 11.9 Å². The minimum absolute atomic E-state index is 0.0480. The number of rotatable bonds is 6. The summed E-state index contributed by atoms with van der Waals surface area (Å²) in [5.41, 5.74) is 1.61. The average Bonchev–Trinajstić information content (AvgIpc) is 2.96. The Bertz CT molecular complexity index is 858. The van der Waals surface area contributed by atoms with E-state index in [0.29, 0.717) is 17.5 Å². The third kappa shape index (κ3) is 3.76. The molecule has 0 radical (unpaired) electrons. The van der Waals surface area contributed by atoms with Gasteiger partial charge in [0, 0.05) is 37.2 Å². The monoisotopic (exact) mass is 380 g/mol. The number of amides is 4. The highest BCUT2D eigenvalue weighted by Gasteiger charge is 2.39. The van der Waals surface area contributed by atoms with Crippen LogP contribution in [-0.2, 0) is 9.59 Å². The summed E-state index contributed by atoms with van der Waals surface area (Å²) >= 11 is 0. The Balaban J connectivity index is 1.72. The smallest absolute Gasteiger partial charge is 0.271 e. The summed E-state index contributed by atoms with van der Waals surface area (Å²) in [6, 6.07) is 4.79. The van der Waals surface area contributed by atoms with Gasteiger partial charge in [-0.1, -0.05) is 0 Å². The van der Waals surface area contributed by atoms with Crippen molar-refractivity contribution in [2.45, 2.75) is 38.4 Å². The van der Waals surface area contributed by atoms with Gasteiger partial charge in [0.2, 0.25) is 12.3 Å². The number of benzene rings is 1. The molecule has 1 atom stereocenters. The Morgan fingerprint density at radius 1 is 1.29 bits per heavy atom. The van der Waals surface area contributed by atoms with Gasteiger partial charge in [-0.2, -0.15) is 0 Å². The summed E-state index contributed by atoms with van der Waals surface area (Å²) in [7, 11) is 0. The van der Waals surface area contributed by atoms with Crippen LogP contribution in [-0.4, -0.2) is 54.9 Å². The van der Waals surface area contributed by atoms with Crippen LogP contribution in [0.25, 0.3) is 0 Å². The molecule has 2 aliphatic heterocycles. The van der Waals surface area contributed by atoms with Crippen LogP contribution in [0.2, 0.25) is 12.6 Å². The van der Waals surface area contributed by atoms with Gasteiger partial charge in [0.15, 0.2) is 0 Å². The van der Waals surface area contributed by atoms with Crippen LogP contribution in [0, 0.1) is 11.2 Å². The standard InChI is InChI=1S/C19H21BN4O4/c1-13(2-5-17(26)22-12-25)24-18(27)15-4-3-14(10-16(15)19(24)28)23-8-6-20(11-21)7-9-23/h3-4,10,12-13H,2,5-9H2,1H3,(H,22,25,26). The second kappa shape index (κ2) is 8.25. The summed E-state index contributed by atoms with van der Waals surface area (Å²) in [6.45, 7) is 3.27. The van der Waals surface area contributed by atoms with Crippen LogP contribution in [0.1, 0.15) is 40.5 Å². The minimum atomic E-state index is -0.459. The predicted molar refractivity (Wildman–Crippen MR) is 103 cm³/mol. The number of carbonyl (C=O) groups excluding carboxylic acids is 4. The van der Waals surface area contributed by atoms with Gasteiger partial charge < -0.3 is 4.90 Å². The summed E-state index contributed by atoms with van der Waals surface area (Å²) in [4.78, 5) is 50.6. The number of nitrogens with zero attached hydrogens (tertiary/aromatic N) is 3. The lowest BCUT2D eigenvalue weighted by Crippen LogP contribution is -2.38. The number of carbonyl (C=O) groups is 4. The van der Waals surface area contributed by atoms with E-state index in [9.17, 15) is 19.2 Å². The molecule has 0 aliphatic carbocycles. The van der Waals surface area contributed by atoms with Crippen LogP contribution in [0.5, 0.6) is 0 Å². The highest BCUT2D eigenvalue weighted by molar-refractivity contribution is 6.67. The molecule has 1 N–H and O–H groups in total. The van der Waals surface area contributed by atoms with Gasteiger partial charge in [-0.25, -0.2) is 5.26 Å². The molecule has 4 amide bonds. The van der Waals surface area contributed by atoms with Crippen LogP contribution < -0.4 is 10.2 Å². The van der Waals surface area contributed by atoms with Crippen molar-refractivity contribution < 1.29 is 19.2 Å². The number of hydrogen-bond donors (Lipinski definition) is 1. The molecule has 0 aromatic heterocycles. The van der Waals surface area contributed by atoms with Gasteiger partial charge >= 0.3 is 0 Å². The molecule has 9 heteroatoms. The van der Waals surface area contributed by atoms with Gasteiger partial charge in [-0.3, -0.25) is 29.4 Å². The van der Waals surface area contributed by atoms with E-state index in [0.717, 1.165) is 31.4 Å². The third-order valence-electron chi connectivity index (χ3n) is 5.39. The summed E-state index contributed by atoms with van der Waals surface area (Å²) in [5.74, 6) is 1.13. The number of imide groups is 2. The number of nitriles is 1. The minimum Gasteiger partial charge on any atom is -0.373 e. The van der Waals surface area contributed by atoms with E-state index in [1.807, 2.05) is 11.4 Å². The van der Waals surface area contributed by atoms with Crippen molar-refractivity contribution in [2.24, 2.45) is 0 Å². The topological polar surface area (TPSA) is 111 Å². The van der Waals surface area contributed by atoms with Crippen LogP contribution in [0.15, 0.2) is 18.2 Å². The van der Waals surface area contributed by atoms with Gasteiger partial charge in [-0.05, 0) is 44.2 Å². The molecule has 0 saturated carbocycles. The molecule has 0 bridgehead atoms. The number of anilines is 1. The molecule has 144 valence electrons. The lowest BCUT2D eigenvalue weighted by atomic mass is 9.45. The number of nitrogens with one attached hydrogen (secondary N) is 1. The fraction of sp³-hybridized carbons (Fsp3) is 0.421. The molecule has 2 aliphatic rings. The van der Waals surface area contributed by atoms with Crippen molar-refractivity contribution in [2.75, 3.05) is 18.0 Å². The second-order valence-corrected chi connectivity index (χ2v) is 7.17. The van der Waals surface area contributed by atoms with E-state index in [-0.39, 0.29) is 31.4 Å². The van der Waals surface area contributed by atoms with E-state index in [1.54, 1.807) is 19.1 Å². The first kappa shape index (κ1) is 19.6. The zero-order chi connectivity index (χ0) is 20.3. The zero-order valence-corrected chi connectivity index (χ0v) is 15.7. The van der Waals surface area contributed by atoms with Gasteiger partial charge in [0.25, 0.3) is 18.5 Å². The number of hydrogen-bond acceptors (Lipinski definition) is 6. The molecule has 1 aromatic rings. The van der Waals surface area contributed by atoms with Crippen LogP contribution in [0.4, 0.5) is 5.69 Å². The molecule has 1 saturated heterocycles. The van der Waals surface area contributed by atoms with Gasteiger partial charge in [-0.15, -0.1) is 0 Å². The number of fused-ring (bicyclic) bond motifs is 1. The van der Waals surface area contributed by atoms with Gasteiger partial charge in [0.1, 0.15) is 0 Å². The first-order valence-corrected chi connectivity index (χ1v) is 9.35. The predicted octanol–water partition coefficient (Wildman–Crippen LogP) is 1.10. The normalized spacial score (nSPS) is 17.2. The molecule has 3 rings (SSSR count). The van der Waals surface area contributed by atoms with E-state index >= 15 is 0 Å². The Kier molecular flexibility index (Phi) is 5.78. The molecule has 1 unspecified atom stereocenters. The molecule has 0 spiro atoms. The fourth-order valence-corrected chi connectivity index (χ4v) is 3.72. The molecule has 2 heterocycles. The zero-order valence-electron chi connectivity index (χ0n) is 15.7. The highest BCUT2D eigenvalue weighted by Crippen LogP contribution is 2.30. The van der Waals surface area contributed by atoms with Crippen molar-refractivity contribution in [1.29, 1.82) is 5.26 Å². The SMILES string of the molecule is CC(CCC(=O)NC=O)N1C(=O)c2ccc(N3CCB(C#N)CC3)cc2C1=O. The lowest BCUT2D eigenvalue weighted by Gasteiger charge is -2.30. The van der Waals surface area contributed by atoms with Crippen molar-refractivity contribution in [3.05, 3.63) is 29.3 Å². The highest BCUT2D eigenvalue weighted by atomic mass is 16.2. The Labute approximate surface area is 163 Å². The van der Waals surface area contributed by atoms with Gasteiger partial charge in [0.05, 0.1) is 11.1 Å². The quantitative estimate of drug-likeness (QED) is 0.450. The average molecular weight is 380 g/mol. The van der Waals surface area contributed by atoms with E-state index in [4.69, 9.17) is 5.26 Å². The first-order valence-electron chi connectivity index (χ1n) is 9.35. The third-order valence-corrected chi connectivity index (χ3v) is 5.39. The summed E-state index contributed by atoms with van der Waals surface area (Å²) in [5, 5.41) is 11.1. The van der Waals surface area contributed by atoms with Crippen LogP contribution >= 0.6 is 0 Å². The molecule has 8 nitrogen and oxygen atoms in total. The second-order valence-electron chi connectivity index (χ2n) is 7.17. The molecular formula is C19H21BN4O4. The molecule has 1 fully saturated rings. The molecular weight excluding hydrogens is 359 g/mol. The van der Waals surface area contributed by atoms with Crippen molar-refractivity contribution >= 4 is 36.5 Å². The van der Waals surface area contributed by atoms with Crippen molar-refractivity contribution in [3.63, 3.8) is 0 Å². The summed E-state index contributed by atoms with van der Waals surface area (Å²) < 4.78 is 0. The van der Waals surface area contributed by atoms with Crippen LogP contribution in [0.3, 0.4) is 0 Å². The maximum Gasteiger partial charge on any atom is 0.271 e. The largest absolute Gasteiger partial charge is 0.373 e. The van der Waals surface area contributed by atoms with Crippen molar-refractivity contribution in [1.82, 2.24) is 10.2 Å². The molecule has 1 aromatic carbocycles. The lowest BCUT2D eigenvalue weighted by molar-refractivity contribution is -0.125. The summed E-state index contributed by atoms with van der Waals surface area (Å²) in [6.07, 6.45) is 2.21. The Morgan fingerprint density at radius 3 is 2.61 bits per heavy atom. The molecule has 28 heavy (non-hydrogen) atoms. The van der Waals surface area contributed by atoms with Crippen molar-refractivity contribution in [3.8, 4) is 5.97 Å². The maximum absolute atomic E-state index is 12.8. The Hall–Kier alpha value is -3.15. The first-order chi connectivity index (χ1) is 13.5.